The van der Waals surface area contributed by atoms with Gasteiger partial charge in [0, 0.05) is 10.8 Å². The summed E-state index contributed by atoms with van der Waals surface area (Å²) in [6, 6.07) is 6.47. The third kappa shape index (κ3) is 7.81. The monoisotopic (exact) mass is 478 g/mol. The summed E-state index contributed by atoms with van der Waals surface area (Å²) in [5, 5.41) is 20.8. The van der Waals surface area contributed by atoms with Gasteiger partial charge in [-0.25, -0.2) is 9.59 Å². The summed E-state index contributed by atoms with van der Waals surface area (Å²) in [4.78, 5) is 26.0. The Morgan fingerprint density at radius 3 is 1.38 bits per heavy atom. The quantitative estimate of drug-likeness (QED) is 0.286. The van der Waals surface area contributed by atoms with Crippen LogP contribution in [0.25, 0.3) is 0 Å². The first-order valence-electron chi connectivity index (χ1n) is 12.9. The number of rotatable bonds is 16. The lowest BCUT2D eigenvalue weighted by Gasteiger charge is -2.35. The number of hydrogen-bond acceptors (Lipinski definition) is 6. The molecule has 1 aromatic rings. The maximum absolute atomic E-state index is 13.0. The van der Waals surface area contributed by atoms with Crippen molar-refractivity contribution in [3.8, 4) is 0 Å². The molecule has 0 saturated carbocycles. The standard InChI is InChI=1S/C28H46O6/c1-7-11-17-27(9-3,21(5)29)19-33-25(31)23-15-13-14-16-24(23)26(32)34-20-28(10-4,22(6)30)18-12-8-2/h13-16,21-22,29-30H,7-12,17-20H2,1-6H3. The fraction of sp³-hybridized carbons (Fsp3) is 0.714. The Bertz CT molecular complexity index is 696. The normalized spacial score (nSPS) is 16.7. The number of carbonyl (C=O) groups is 2. The van der Waals surface area contributed by atoms with Crippen molar-refractivity contribution in [2.75, 3.05) is 13.2 Å². The molecule has 0 aliphatic rings. The predicted octanol–water partition coefficient (Wildman–Crippen LogP) is 5.94. The van der Waals surface area contributed by atoms with Crippen LogP contribution >= 0.6 is 0 Å². The van der Waals surface area contributed by atoms with Crippen LogP contribution in [0.15, 0.2) is 24.3 Å². The molecule has 0 aliphatic carbocycles. The smallest absolute Gasteiger partial charge is 0.339 e. The molecule has 2 N–H and O–H groups in total. The van der Waals surface area contributed by atoms with Crippen LogP contribution in [0, 0.1) is 10.8 Å². The van der Waals surface area contributed by atoms with Gasteiger partial charge < -0.3 is 19.7 Å². The third-order valence-electron chi connectivity index (χ3n) is 7.59. The molecule has 0 fully saturated rings. The Balaban J connectivity index is 3.01. The van der Waals surface area contributed by atoms with Crippen molar-refractivity contribution < 1.29 is 29.3 Å². The van der Waals surface area contributed by atoms with Gasteiger partial charge in [-0.1, -0.05) is 65.5 Å². The minimum Gasteiger partial charge on any atom is -0.461 e. The average molecular weight is 479 g/mol. The van der Waals surface area contributed by atoms with E-state index in [1.165, 1.54) is 0 Å². The Morgan fingerprint density at radius 1 is 0.765 bits per heavy atom. The first-order chi connectivity index (χ1) is 16.1. The van der Waals surface area contributed by atoms with Crippen LogP contribution in [-0.4, -0.2) is 47.6 Å². The second-order valence-electron chi connectivity index (χ2n) is 9.69. The second-order valence-corrected chi connectivity index (χ2v) is 9.69. The lowest BCUT2D eigenvalue weighted by atomic mass is 9.76. The first kappa shape index (κ1) is 30.1. The first-order valence-corrected chi connectivity index (χ1v) is 12.9. The molecule has 34 heavy (non-hydrogen) atoms. The molecule has 0 aliphatic heterocycles. The number of unbranched alkanes of at least 4 members (excludes halogenated alkanes) is 2. The van der Waals surface area contributed by atoms with Crippen LogP contribution in [0.5, 0.6) is 0 Å². The highest BCUT2D eigenvalue weighted by molar-refractivity contribution is 6.03. The summed E-state index contributed by atoms with van der Waals surface area (Å²) in [5.41, 5.74) is -0.742. The van der Waals surface area contributed by atoms with Crippen molar-refractivity contribution in [1.82, 2.24) is 0 Å². The summed E-state index contributed by atoms with van der Waals surface area (Å²) in [6.07, 6.45) is 5.46. The van der Waals surface area contributed by atoms with Gasteiger partial charge in [0.25, 0.3) is 0 Å². The van der Waals surface area contributed by atoms with E-state index in [1.807, 2.05) is 13.8 Å². The molecule has 194 valence electrons. The summed E-state index contributed by atoms with van der Waals surface area (Å²) >= 11 is 0. The molecule has 4 atom stereocenters. The summed E-state index contributed by atoms with van der Waals surface area (Å²) in [7, 11) is 0. The molecule has 0 bridgehead atoms. The van der Waals surface area contributed by atoms with E-state index < -0.39 is 35.0 Å². The maximum Gasteiger partial charge on any atom is 0.339 e. The van der Waals surface area contributed by atoms with Gasteiger partial charge in [-0.2, -0.15) is 0 Å². The maximum atomic E-state index is 13.0. The van der Waals surface area contributed by atoms with Gasteiger partial charge in [-0.15, -0.1) is 0 Å². The second kappa shape index (κ2) is 14.5. The van der Waals surface area contributed by atoms with Crippen molar-refractivity contribution in [3.05, 3.63) is 35.4 Å². The third-order valence-corrected chi connectivity index (χ3v) is 7.59. The topological polar surface area (TPSA) is 93.1 Å². The number of esters is 2. The highest BCUT2D eigenvalue weighted by atomic mass is 16.5. The van der Waals surface area contributed by atoms with Crippen molar-refractivity contribution >= 4 is 11.9 Å². The van der Waals surface area contributed by atoms with Crippen LogP contribution in [0.4, 0.5) is 0 Å². The molecular weight excluding hydrogens is 432 g/mol. The van der Waals surface area contributed by atoms with Crippen molar-refractivity contribution in [1.29, 1.82) is 0 Å². The molecule has 1 rings (SSSR count). The Labute approximate surface area is 206 Å². The largest absolute Gasteiger partial charge is 0.461 e. The van der Waals surface area contributed by atoms with Crippen LogP contribution in [0.1, 0.15) is 114 Å². The Kier molecular flexibility index (Phi) is 12.8. The van der Waals surface area contributed by atoms with Crippen molar-refractivity contribution in [2.24, 2.45) is 10.8 Å². The lowest BCUT2D eigenvalue weighted by Crippen LogP contribution is -2.38. The van der Waals surface area contributed by atoms with Gasteiger partial charge >= 0.3 is 11.9 Å². The predicted molar refractivity (Wildman–Crippen MR) is 135 cm³/mol. The number of aliphatic hydroxyl groups is 2. The molecule has 6 heteroatoms. The zero-order valence-corrected chi connectivity index (χ0v) is 22.1. The minimum absolute atomic E-state index is 0.0847. The minimum atomic E-state index is -0.622. The number of carbonyl (C=O) groups excluding carboxylic acids is 2. The summed E-state index contributed by atoms with van der Waals surface area (Å²) < 4.78 is 11.3. The zero-order chi connectivity index (χ0) is 25.8. The Hall–Kier alpha value is -1.92. The van der Waals surface area contributed by atoms with E-state index in [9.17, 15) is 19.8 Å². The number of benzene rings is 1. The van der Waals surface area contributed by atoms with Gasteiger partial charge in [0.05, 0.1) is 36.5 Å². The van der Waals surface area contributed by atoms with Crippen LogP contribution in [0.2, 0.25) is 0 Å². The zero-order valence-electron chi connectivity index (χ0n) is 22.1. The highest BCUT2D eigenvalue weighted by Gasteiger charge is 2.36. The molecule has 0 saturated heterocycles. The van der Waals surface area contributed by atoms with Crippen LogP contribution < -0.4 is 0 Å². The van der Waals surface area contributed by atoms with Crippen LogP contribution in [-0.2, 0) is 9.47 Å². The molecule has 4 unspecified atom stereocenters. The van der Waals surface area contributed by atoms with Crippen molar-refractivity contribution in [3.63, 3.8) is 0 Å². The molecule has 0 spiro atoms. The number of hydrogen-bond donors (Lipinski definition) is 2. The molecule has 0 radical (unpaired) electrons. The van der Waals surface area contributed by atoms with E-state index in [0.29, 0.717) is 12.8 Å². The molecular formula is C28H46O6. The van der Waals surface area contributed by atoms with Gasteiger partial charge in [0.1, 0.15) is 0 Å². The van der Waals surface area contributed by atoms with Gasteiger partial charge in [0.15, 0.2) is 0 Å². The molecule has 1 aromatic carbocycles. The molecule has 6 nitrogen and oxygen atoms in total. The molecule has 0 heterocycles. The SMILES string of the molecule is CCCCC(CC)(COC(=O)c1ccccc1C(=O)OCC(CC)(CCCC)C(C)O)C(C)O. The Morgan fingerprint density at radius 2 is 1.12 bits per heavy atom. The highest BCUT2D eigenvalue weighted by Crippen LogP contribution is 2.35. The molecule has 0 aromatic heterocycles. The van der Waals surface area contributed by atoms with Gasteiger partial charge in [0.2, 0.25) is 0 Å². The fourth-order valence-corrected chi connectivity index (χ4v) is 4.42. The van der Waals surface area contributed by atoms with E-state index >= 15 is 0 Å². The number of ether oxygens (including phenoxy) is 2. The lowest BCUT2D eigenvalue weighted by molar-refractivity contribution is -0.0344. The summed E-state index contributed by atoms with van der Waals surface area (Å²) in [6.45, 7) is 11.8. The van der Waals surface area contributed by atoms with E-state index in [-0.39, 0.29) is 24.3 Å². The van der Waals surface area contributed by atoms with E-state index in [1.54, 1.807) is 38.1 Å². The summed E-state index contributed by atoms with van der Waals surface area (Å²) in [5.74, 6) is -1.21. The van der Waals surface area contributed by atoms with Gasteiger partial charge in [-0.3, -0.25) is 0 Å². The molecule has 0 amide bonds. The van der Waals surface area contributed by atoms with Crippen molar-refractivity contribution in [2.45, 2.75) is 105 Å². The average Bonchev–Trinajstić information content (AvgIpc) is 2.84. The van der Waals surface area contributed by atoms with Crippen LogP contribution in [0.3, 0.4) is 0 Å². The van der Waals surface area contributed by atoms with E-state index in [2.05, 4.69) is 13.8 Å². The van der Waals surface area contributed by atoms with Gasteiger partial charge in [-0.05, 0) is 51.7 Å². The number of aliphatic hydroxyl groups excluding tert-OH is 2. The van der Waals surface area contributed by atoms with E-state index in [4.69, 9.17) is 9.47 Å². The fourth-order valence-electron chi connectivity index (χ4n) is 4.42. The van der Waals surface area contributed by atoms with E-state index in [0.717, 1.165) is 38.5 Å².